The Morgan fingerprint density at radius 1 is 1.08 bits per heavy atom. The Bertz CT molecular complexity index is 1530. The fourth-order valence-corrected chi connectivity index (χ4v) is 5.17. The Kier molecular flexibility index (Phi) is 5.96. The molecule has 1 aromatic carbocycles. The van der Waals surface area contributed by atoms with E-state index in [1.807, 2.05) is 0 Å². The zero-order valence-corrected chi connectivity index (χ0v) is 20.7. The van der Waals surface area contributed by atoms with Crippen LogP contribution in [0.25, 0.3) is 22.6 Å². The molecule has 3 heterocycles. The normalized spacial score (nSPS) is 14.0. The van der Waals surface area contributed by atoms with Crippen LogP contribution in [0.3, 0.4) is 0 Å². The van der Waals surface area contributed by atoms with Crippen LogP contribution in [0.15, 0.2) is 42.6 Å². The van der Waals surface area contributed by atoms with Gasteiger partial charge in [0.25, 0.3) is 0 Å². The van der Waals surface area contributed by atoms with E-state index in [9.17, 15) is 12.8 Å². The molecule has 0 saturated heterocycles. The maximum Gasteiger partial charge on any atom is 0.303 e. The lowest BCUT2D eigenvalue weighted by Crippen LogP contribution is -2.42. The first-order valence-electron chi connectivity index (χ1n) is 11.3. The van der Waals surface area contributed by atoms with E-state index < -0.39 is 10.2 Å². The van der Waals surface area contributed by atoms with Crippen LogP contribution >= 0.6 is 0 Å². The number of anilines is 3. The highest BCUT2D eigenvalue weighted by molar-refractivity contribution is 7.90. The molecule has 0 amide bonds. The number of hydrogen-bond donors (Lipinski definition) is 2. The Hall–Kier alpha value is -3.84. The molecule has 5 rings (SSSR count). The molecule has 4 N–H and O–H groups in total. The second-order valence-corrected chi connectivity index (χ2v) is 11.0. The van der Waals surface area contributed by atoms with Crippen LogP contribution in [0.1, 0.15) is 18.4 Å². The van der Waals surface area contributed by atoms with Gasteiger partial charge in [-0.05, 0) is 37.0 Å². The van der Waals surface area contributed by atoms with Gasteiger partial charge in [-0.25, -0.2) is 28.3 Å². The number of fused-ring (bicyclic) bond motifs is 1. The van der Waals surface area contributed by atoms with Crippen molar-refractivity contribution in [2.75, 3.05) is 36.4 Å². The molecule has 36 heavy (non-hydrogen) atoms. The van der Waals surface area contributed by atoms with Crippen molar-refractivity contribution in [1.29, 1.82) is 0 Å². The van der Waals surface area contributed by atoms with Crippen molar-refractivity contribution in [3.05, 3.63) is 54.0 Å². The van der Waals surface area contributed by atoms with E-state index in [0.29, 0.717) is 22.3 Å². The van der Waals surface area contributed by atoms with Gasteiger partial charge in [0.15, 0.2) is 23.1 Å². The summed E-state index contributed by atoms with van der Waals surface area (Å²) in [6.45, 7) is 0.376. The highest BCUT2D eigenvalue weighted by atomic mass is 32.2. The van der Waals surface area contributed by atoms with E-state index in [4.69, 9.17) is 11.5 Å². The average molecular weight is 512 g/mol. The van der Waals surface area contributed by atoms with Crippen molar-refractivity contribution in [3.63, 3.8) is 0 Å². The van der Waals surface area contributed by atoms with Gasteiger partial charge in [0.1, 0.15) is 17.2 Å². The number of nitrogens with zero attached hydrogens (tertiary/aromatic N) is 7. The van der Waals surface area contributed by atoms with Gasteiger partial charge in [0.05, 0.1) is 11.9 Å². The largest absolute Gasteiger partial charge is 0.382 e. The quantitative estimate of drug-likeness (QED) is 0.366. The lowest BCUT2D eigenvalue weighted by atomic mass is 10.2. The molecule has 1 aliphatic carbocycles. The van der Waals surface area contributed by atoms with Crippen LogP contribution in [0, 0.1) is 11.7 Å². The molecule has 13 heteroatoms. The third-order valence-corrected chi connectivity index (χ3v) is 7.86. The lowest BCUT2D eigenvalue weighted by molar-refractivity contribution is 0.513. The Balaban J connectivity index is 1.60. The number of nitrogen functional groups attached to an aromatic ring is 2. The van der Waals surface area contributed by atoms with Crippen LogP contribution in [0.4, 0.5) is 21.7 Å². The smallest absolute Gasteiger partial charge is 0.303 e. The van der Waals surface area contributed by atoms with Crippen molar-refractivity contribution in [3.8, 4) is 11.5 Å². The first kappa shape index (κ1) is 23.9. The summed E-state index contributed by atoms with van der Waals surface area (Å²) >= 11 is 0. The second-order valence-electron chi connectivity index (χ2n) is 8.90. The van der Waals surface area contributed by atoms with E-state index in [1.54, 1.807) is 41.2 Å². The van der Waals surface area contributed by atoms with Crippen LogP contribution in [0.2, 0.25) is 0 Å². The second kappa shape index (κ2) is 8.99. The summed E-state index contributed by atoms with van der Waals surface area (Å²) in [4.78, 5) is 13.2. The van der Waals surface area contributed by atoms with Crippen LogP contribution in [0.5, 0.6) is 0 Å². The van der Waals surface area contributed by atoms with Crippen molar-refractivity contribution in [2.45, 2.75) is 19.4 Å². The van der Waals surface area contributed by atoms with Crippen LogP contribution in [-0.2, 0) is 16.8 Å². The third kappa shape index (κ3) is 4.31. The van der Waals surface area contributed by atoms with Gasteiger partial charge in [0.2, 0.25) is 0 Å². The first-order valence-corrected chi connectivity index (χ1v) is 12.7. The highest BCUT2D eigenvalue weighted by Crippen LogP contribution is 2.38. The number of hydrogen-bond acceptors (Lipinski definition) is 8. The molecule has 0 aliphatic heterocycles. The molecule has 1 aliphatic rings. The van der Waals surface area contributed by atoms with Crippen LogP contribution in [-0.4, -0.2) is 58.1 Å². The predicted octanol–water partition coefficient (Wildman–Crippen LogP) is 2.26. The highest BCUT2D eigenvalue weighted by Gasteiger charge is 2.35. The zero-order valence-electron chi connectivity index (χ0n) is 19.8. The number of halogens is 1. The van der Waals surface area contributed by atoms with Crippen molar-refractivity contribution in [2.24, 2.45) is 5.92 Å². The summed E-state index contributed by atoms with van der Waals surface area (Å²) in [6, 6.07) is 9.95. The SMILES string of the molecule is CN(C)S(=O)(=O)N(CC1CC1)c1c(N)nc(-c2nn(Cc3ccccc3F)c3ncccc23)nc1N. The maximum absolute atomic E-state index is 14.3. The van der Waals surface area contributed by atoms with Gasteiger partial charge in [-0.15, -0.1) is 0 Å². The topological polar surface area (TPSA) is 149 Å². The van der Waals surface area contributed by atoms with Crippen molar-refractivity contribution >= 4 is 38.6 Å². The lowest BCUT2D eigenvalue weighted by Gasteiger charge is -2.28. The first-order chi connectivity index (χ1) is 17.2. The van der Waals surface area contributed by atoms with E-state index in [1.165, 1.54) is 24.5 Å². The number of rotatable bonds is 8. The van der Waals surface area contributed by atoms with E-state index >= 15 is 0 Å². The molecule has 1 saturated carbocycles. The molecule has 0 atom stereocenters. The molecular weight excluding hydrogens is 485 g/mol. The van der Waals surface area contributed by atoms with Crippen LogP contribution < -0.4 is 15.8 Å². The summed E-state index contributed by atoms with van der Waals surface area (Å²) in [5.74, 6) is -0.172. The molecular formula is C23H26FN9O2S. The van der Waals surface area contributed by atoms with Gasteiger partial charge < -0.3 is 11.5 Å². The fourth-order valence-electron chi connectivity index (χ4n) is 3.96. The number of benzene rings is 1. The van der Waals surface area contributed by atoms with Gasteiger partial charge >= 0.3 is 10.2 Å². The summed E-state index contributed by atoms with van der Waals surface area (Å²) in [7, 11) is -0.992. The third-order valence-electron chi connectivity index (χ3n) is 6.04. The molecule has 4 aromatic rings. The fraction of sp³-hybridized carbons (Fsp3) is 0.304. The molecule has 11 nitrogen and oxygen atoms in total. The van der Waals surface area contributed by atoms with Gasteiger partial charge in [-0.2, -0.15) is 17.8 Å². The molecule has 188 valence electrons. The van der Waals surface area contributed by atoms with E-state index in [2.05, 4.69) is 20.1 Å². The zero-order chi connectivity index (χ0) is 25.6. The number of aromatic nitrogens is 5. The van der Waals surface area contributed by atoms with Gasteiger partial charge in [-0.3, -0.25) is 0 Å². The Morgan fingerprint density at radius 3 is 2.42 bits per heavy atom. The summed E-state index contributed by atoms with van der Waals surface area (Å²) in [5.41, 5.74) is 13.9. The molecule has 3 aromatic heterocycles. The van der Waals surface area contributed by atoms with Crippen molar-refractivity contribution in [1.82, 2.24) is 29.0 Å². The molecule has 0 spiro atoms. The summed E-state index contributed by atoms with van der Waals surface area (Å²) in [5, 5.41) is 5.22. The minimum absolute atomic E-state index is 0.0487. The number of pyridine rings is 1. The van der Waals surface area contributed by atoms with E-state index in [0.717, 1.165) is 17.1 Å². The van der Waals surface area contributed by atoms with Crippen molar-refractivity contribution < 1.29 is 12.8 Å². The minimum Gasteiger partial charge on any atom is -0.382 e. The van der Waals surface area contributed by atoms with Gasteiger partial charge in [-0.1, -0.05) is 18.2 Å². The molecule has 0 unspecified atom stereocenters. The predicted molar refractivity (Wildman–Crippen MR) is 136 cm³/mol. The van der Waals surface area contributed by atoms with Gasteiger partial charge in [0, 0.05) is 32.4 Å². The maximum atomic E-state index is 14.3. The Labute approximate surface area is 207 Å². The standard InChI is InChI=1S/C23H26FN9O2S/c1-31(2)36(34,35)33(12-14-9-10-14)19-20(25)28-22(29-21(19)26)18-16-7-5-11-27-23(16)32(30-18)13-15-6-3-4-8-17(15)24/h3-8,11,14H,9-10,12-13H2,1-2H3,(H4,25,26,28,29). The summed E-state index contributed by atoms with van der Waals surface area (Å²) in [6.07, 6.45) is 3.47. The minimum atomic E-state index is -3.88. The monoisotopic (exact) mass is 511 g/mol. The molecule has 0 bridgehead atoms. The molecule has 1 fully saturated rings. The molecule has 0 radical (unpaired) electrons. The Morgan fingerprint density at radius 2 is 1.78 bits per heavy atom. The number of nitrogens with two attached hydrogens (primary N) is 2. The average Bonchev–Trinajstić information content (AvgIpc) is 3.59. The summed E-state index contributed by atoms with van der Waals surface area (Å²) < 4.78 is 44.3. The van der Waals surface area contributed by atoms with E-state index in [-0.39, 0.29) is 48.0 Å².